The van der Waals surface area contributed by atoms with E-state index in [1.807, 2.05) is 0 Å². The number of aryl methyl sites for hydroxylation is 1. The molecule has 1 saturated heterocycles. The van der Waals surface area contributed by atoms with Crippen molar-refractivity contribution in [3.05, 3.63) is 30.1 Å². The van der Waals surface area contributed by atoms with Gasteiger partial charge in [0.05, 0.1) is 17.6 Å². The summed E-state index contributed by atoms with van der Waals surface area (Å²) in [4.78, 5) is 7.13. The molecule has 0 saturated carbocycles. The number of imidazole rings is 1. The van der Waals surface area contributed by atoms with Gasteiger partial charge in [-0.25, -0.2) is 4.98 Å². The van der Waals surface area contributed by atoms with Gasteiger partial charge < -0.3 is 14.8 Å². The van der Waals surface area contributed by atoms with Gasteiger partial charge in [0.2, 0.25) is 0 Å². The molecule has 1 N–H and O–H groups in total. The summed E-state index contributed by atoms with van der Waals surface area (Å²) in [5.74, 6) is 1.15. The van der Waals surface area contributed by atoms with Gasteiger partial charge in [-0.2, -0.15) is 0 Å². The van der Waals surface area contributed by atoms with E-state index in [9.17, 15) is 0 Å². The average molecular weight is 258 g/mol. The first-order chi connectivity index (χ1) is 9.28. The summed E-state index contributed by atoms with van der Waals surface area (Å²) in [6.07, 6.45) is 1.24. The molecule has 1 atom stereocenters. The minimum absolute atomic E-state index is 0.607. The predicted octanol–water partition coefficient (Wildman–Crippen LogP) is 1.85. The molecule has 1 aliphatic heterocycles. The van der Waals surface area contributed by atoms with Crippen molar-refractivity contribution in [3.8, 4) is 0 Å². The number of nitrogens with one attached hydrogen (secondary N) is 1. The van der Waals surface area contributed by atoms with E-state index in [4.69, 9.17) is 4.98 Å². The Morgan fingerprint density at radius 1 is 1.37 bits per heavy atom. The molecule has 2 heterocycles. The highest BCUT2D eigenvalue weighted by Gasteiger charge is 2.19. The van der Waals surface area contributed by atoms with Gasteiger partial charge in [0, 0.05) is 19.1 Å². The third kappa shape index (κ3) is 2.51. The van der Waals surface area contributed by atoms with Gasteiger partial charge in [0.1, 0.15) is 5.82 Å². The summed E-state index contributed by atoms with van der Waals surface area (Å²) in [6, 6.07) is 8.99. The van der Waals surface area contributed by atoms with Crippen molar-refractivity contribution in [2.24, 2.45) is 0 Å². The lowest BCUT2D eigenvalue weighted by Crippen LogP contribution is -2.31. The summed E-state index contributed by atoms with van der Waals surface area (Å²) in [7, 11) is 2.18. The second kappa shape index (κ2) is 5.31. The van der Waals surface area contributed by atoms with E-state index in [1.165, 1.54) is 18.5 Å². The minimum Gasteiger partial charge on any atom is -0.327 e. The van der Waals surface area contributed by atoms with E-state index < -0.39 is 0 Å². The zero-order valence-corrected chi connectivity index (χ0v) is 11.8. The molecule has 4 nitrogen and oxygen atoms in total. The monoisotopic (exact) mass is 258 g/mol. The Hall–Kier alpha value is -1.39. The molecular weight excluding hydrogens is 236 g/mol. The van der Waals surface area contributed by atoms with Crippen molar-refractivity contribution in [1.82, 2.24) is 19.8 Å². The molecule has 1 aliphatic rings. The molecule has 4 heteroatoms. The van der Waals surface area contributed by atoms with Crippen molar-refractivity contribution in [3.63, 3.8) is 0 Å². The molecule has 0 aliphatic carbocycles. The van der Waals surface area contributed by atoms with Crippen molar-refractivity contribution < 1.29 is 0 Å². The van der Waals surface area contributed by atoms with Crippen LogP contribution in [0.5, 0.6) is 0 Å². The molecule has 19 heavy (non-hydrogen) atoms. The molecule has 0 radical (unpaired) electrons. The second-order valence-electron chi connectivity index (χ2n) is 5.39. The Kier molecular flexibility index (Phi) is 3.53. The fourth-order valence-electron chi connectivity index (χ4n) is 2.95. The highest BCUT2D eigenvalue weighted by Crippen LogP contribution is 2.16. The number of rotatable bonds is 4. The smallest absolute Gasteiger partial charge is 0.123 e. The maximum absolute atomic E-state index is 4.75. The van der Waals surface area contributed by atoms with Gasteiger partial charge in [0.15, 0.2) is 0 Å². The predicted molar refractivity (Wildman–Crippen MR) is 78.1 cm³/mol. The van der Waals surface area contributed by atoms with E-state index >= 15 is 0 Å². The van der Waals surface area contributed by atoms with Crippen LogP contribution in [0.4, 0.5) is 0 Å². The summed E-state index contributed by atoms with van der Waals surface area (Å²) < 4.78 is 2.31. The SMILES string of the molecule is CCn1c(CNC2CCN(C)C2)nc2ccccc21. The molecule has 3 rings (SSSR count). The third-order valence-corrected chi connectivity index (χ3v) is 3.99. The number of nitrogens with zero attached hydrogens (tertiary/aromatic N) is 3. The normalized spacial score (nSPS) is 20.4. The van der Waals surface area contributed by atoms with Crippen LogP contribution in [0.25, 0.3) is 11.0 Å². The Morgan fingerprint density at radius 3 is 2.95 bits per heavy atom. The first-order valence-corrected chi connectivity index (χ1v) is 7.14. The van der Waals surface area contributed by atoms with Crippen LogP contribution in [0.2, 0.25) is 0 Å². The summed E-state index contributed by atoms with van der Waals surface area (Å²) in [5, 5.41) is 3.64. The quantitative estimate of drug-likeness (QED) is 0.908. The molecule has 1 fully saturated rings. The van der Waals surface area contributed by atoms with Crippen LogP contribution in [-0.4, -0.2) is 40.6 Å². The number of fused-ring (bicyclic) bond motifs is 1. The number of aromatic nitrogens is 2. The van der Waals surface area contributed by atoms with E-state index in [1.54, 1.807) is 0 Å². The first kappa shape index (κ1) is 12.6. The van der Waals surface area contributed by atoms with Crippen LogP contribution in [0, 0.1) is 0 Å². The Labute approximate surface area is 114 Å². The van der Waals surface area contributed by atoms with E-state index in [2.05, 4.69) is 53.0 Å². The van der Waals surface area contributed by atoms with Crippen LogP contribution in [0.1, 0.15) is 19.2 Å². The fourth-order valence-corrected chi connectivity index (χ4v) is 2.95. The average Bonchev–Trinajstić information content (AvgIpc) is 2.99. The van der Waals surface area contributed by atoms with Gasteiger partial charge >= 0.3 is 0 Å². The third-order valence-electron chi connectivity index (χ3n) is 3.99. The molecule has 0 bridgehead atoms. The topological polar surface area (TPSA) is 33.1 Å². The summed E-state index contributed by atoms with van der Waals surface area (Å²) in [5.41, 5.74) is 2.34. The lowest BCUT2D eigenvalue weighted by atomic mass is 10.2. The Bertz CT molecular complexity index is 560. The van der Waals surface area contributed by atoms with Crippen LogP contribution in [0.3, 0.4) is 0 Å². The van der Waals surface area contributed by atoms with Crippen molar-refractivity contribution in [2.75, 3.05) is 20.1 Å². The van der Waals surface area contributed by atoms with Gasteiger partial charge in [-0.3, -0.25) is 0 Å². The zero-order valence-electron chi connectivity index (χ0n) is 11.8. The second-order valence-corrected chi connectivity index (χ2v) is 5.39. The molecule has 1 aromatic carbocycles. The molecule has 102 valence electrons. The van der Waals surface area contributed by atoms with Gasteiger partial charge in [0.25, 0.3) is 0 Å². The zero-order chi connectivity index (χ0) is 13.2. The molecule has 1 aromatic heterocycles. The number of likely N-dealkylation sites (tertiary alicyclic amines) is 1. The number of hydrogen-bond acceptors (Lipinski definition) is 3. The van der Waals surface area contributed by atoms with Crippen molar-refractivity contribution in [1.29, 1.82) is 0 Å². The molecular formula is C15H22N4. The van der Waals surface area contributed by atoms with Gasteiger partial charge in [-0.1, -0.05) is 12.1 Å². The van der Waals surface area contributed by atoms with Crippen LogP contribution in [0.15, 0.2) is 24.3 Å². The molecule has 1 unspecified atom stereocenters. The van der Waals surface area contributed by atoms with Gasteiger partial charge in [-0.05, 0) is 39.1 Å². The largest absolute Gasteiger partial charge is 0.327 e. The van der Waals surface area contributed by atoms with Crippen LogP contribution >= 0.6 is 0 Å². The van der Waals surface area contributed by atoms with Crippen LogP contribution in [-0.2, 0) is 13.1 Å². The van der Waals surface area contributed by atoms with E-state index in [0.29, 0.717) is 6.04 Å². The lowest BCUT2D eigenvalue weighted by Gasteiger charge is -2.13. The minimum atomic E-state index is 0.607. The Balaban J connectivity index is 1.76. The standard InChI is InChI=1S/C15H22N4/c1-3-19-14-7-5-4-6-13(14)17-15(19)10-16-12-8-9-18(2)11-12/h4-7,12,16H,3,8-11H2,1-2H3. The maximum Gasteiger partial charge on any atom is 0.123 e. The van der Waals surface area contributed by atoms with Crippen molar-refractivity contribution >= 4 is 11.0 Å². The van der Waals surface area contributed by atoms with Crippen molar-refractivity contribution in [2.45, 2.75) is 32.5 Å². The maximum atomic E-state index is 4.75. The molecule has 0 amide bonds. The van der Waals surface area contributed by atoms with E-state index in [-0.39, 0.29) is 0 Å². The summed E-state index contributed by atoms with van der Waals surface area (Å²) in [6.45, 7) is 6.36. The number of benzene rings is 1. The molecule has 0 spiro atoms. The number of likely N-dealkylation sites (N-methyl/N-ethyl adjacent to an activating group) is 1. The summed E-state index contributed by atoms with van der Waals surface area (Å²) >= 11 is 0. The molecule has 2 aromatic rings. The highest BCUT2D eigenvalue weighted by atomic mass is 15.2. The number of hydrogen-bond donors (Lipinski definition) is 1. The fraction of sp³-hybridized carbons (Fsp3) is 0.533. The Morgan fingerprint density at radius 2 is 2.21 bits per heavy atom. The highest BCUT2D eigenvalue weighted by molar-refractivity contribution is 5.75. The lowest BCUT2D eigenvalue weighted by molar-refractivity contribution is 0.396. The first-order valence-electron chi connectivity index (χ1n) is 7.14. The van der Waals surface area contributed by atoms with Crippen LogP contribution < -0.4 is 5.32 Å². The van der Waals surface area contributed by atoms with Gasteiger partial charge in [-0.15, -0.1) is 0 Å². The number of para-hydroxylation sites is 2. The van der Waals surface area contributed by atoms with E-state index in [0.717, 1.165) is 31.0 Å².